The van der Waals surface area contributed by atoms with Gasteiger partial charge in [-0.25, -0.2) is 0 Å². The van der Waals surface area contributed by atoms with Crippen molar-refractivity contribution in [2.24, 2.45) is 57.5 Å². The van der Waals surface area contributed by atoms with Crippen LogP contribution in [0, 0.1) is 51.8 Å². The maximum Gasteiger partial charge on any atom is 0.162 e. The molecule has 2 unspecified atom stereocenters. The minimum absolute atomic E-state index is 0.00165. The van der Waals surface area contributed by atoms with Gasteiger partial charge in [-0.15, -0.1) is 0 Å². The van der Waals surface area contributed by atoms with Crippen molar-refractivity contribution < 1.29 is 40.0 Å². The van der Waals surface area contributed by atoms with Crippen LogP contribution in [0.2, 0.25) is 0 Å². The molecular formula is C46H77N2O7+. The predicted octanol–water partition coefficient (Wildman–Crippen LogP) is 5.30. The SMILES string of the molecule is CCCCCC[C@]12CC[C@H](O)C[C@H]1C(=O)C1=C3[C@@H]2CC[C@@]2(C)[C@@H]([C@]4([C@@H]5O[C@@H]5[C@](C)(O)[C@](C)(CO)CCC5CC[NH2+]C(N)C5)C[C@@H](C)CCO4)C[C@H](CC1)[C@@]32O. The number of Topliss-reactive ketones (excluding diaryl/α,β-unsaturated/α-hetero) is 1. The summed E-state index contributed by atoms with van der Waals surface area (Å²) in [5.41, 5.74) is 3.77. The van der Waals surface area contributed by atoms with Crippen molar-refractivity contribution in [3.05, 3.63) is 11.1 Å². The molecule has 8 N–H and O–H groups in total. The molecule has 3 aliphatic heterocycles. The number of carbonyl (C=O) groups is 1. The van der Waals surface area contributed by atoms with E-state index in [1.165, 1.54) is 19.3 Å². The van der Waals surface area contributed by atoms with Crippen LogP contribution < -0.4 is 11.1 Å². The fraction of sp³-hybridized carbons (Fsp3) is 0.935. The number of rotatable bonds is 13. The Morgan fingerprint density at radius 1 is 1.02 bits per heavy atom. The van der Waals surface area contributed by atoms with E-state index < -0.39 is 39.8 Å². The Morgan fingerprint density at radius 2 is 1.82 bits per heavy atom. The van der Waals surface area contributed by atoms with Crippen LogP contribution in [0.25, 0.3) is 0 Å². The van der Waals surface area contributed by atoms with Crippen molar-refractivity contribution in [2.45, 2.75) is 198 Å². The lowest BCUT2D eigenvalue weighted by Gasteiger charge is -2.64. The summed E-state index contributed by atoms with van der Waals surface area (Å²) in [5.74, 6) is 1.19. The molecule has 3 saturated heterocycles. The number of piperidine rings is 1. The first-order valence-corrected chi connectivity index (χ1v) is 23.0. The Balaban J connectivity index is 1.12. The smallest absolute Gasteiger partial charge is 0.162 e. The third-order valence-electron chi connectivity index (χ3n) is 18.6. The Hall–Kier alpha value is -0.910. The van der Waals surface area contributed by atoms with Crippen molar-refractivity contribution >= 4 is 5.78 Å². The number of ether oxygens (including phenoxy) is 2. The minimum Gasteiger partial charge on any atom is -0.396 e. The molecule has 16 atom stereocenters. The average molecular weight is 770 g/mol. The number of nitrogens with two attached hydrogens (primary N) is 2. The minimum atomic E-state index is -1.29. The van der Waals surface area contributed by atoms with Gasteiger partial charge < -0.3 is 35.2 Å². The van der Waals surface area contributed by atoms with Crippen LogP contribution in [-0.2, 0) is 14.3 Å². The second kappa shape index (κ2) is 14.7. The quantitative estimate of drug-likeness (QED) is 0.109. The average Bonchev–Trinajstić information content (AvgIpc) is 3.94. The number of aliphatic hydroxyl groups is 4. The summed E-state index contributed by atoms with van der Waals surface area (Å²) in [6, 6.07) is 0. The zero-order valence-corrected chi connectivity index (χ0v) is 35.0. The molecule has 9 heteroatoms. The fourth-order valence-corrected chi connectivity index (χ4v) is 15.0. The molecule has 0 amide bonds. The summed E-state index contributed by atoms with van der Waals surface area (Å²) in [4.78, 5) is 14.8. The maximum absolute atomic E-state index is 14.8. The van der Waals surface area contributed by atoms with Crippen LogP contribution in [0.1, 0.15) is 157 Å². The lowest BCUT2D eigenvalue weighted by atomic mass is 9.41. The molecule has 8 rings (SSSR count). The molecule has 6 fully saturated rings. The van der Waals surface area contributed by atoms with Gasteiger partial charge in [0.25, 0.3) is 0 Å². The van der Waals surface area contributed by atoms with E-state index in [2.05, 4.69) is 26.1 Å². The lowest BCUT2D eigenvalue weighted by molar-refractivity contribution is -0.699. The molecule has 0 bridgehead atoms. The normalized spacial score (nSPS) is 48.8. The number of carbonyl (C=O) groups excluding carboxylic acids is 1. The number of fused-ring (bicyclic) bond motifs is 2. The highest BCUT2D eigenvalue weighted by Gasteiger charge is 2.78. The molecule has 0 aromatic heterocycles. The van der Waals surface area contributed by atoms with Gasteiger partial charge in [0.1, 0.15) is 24.0 Å². The third kappa shape index (κ3) is 6.15. The monoisotopic (exact) mass is 770 g/mol. The van der Waals surface area contributed by atoms with Gasteiger partial charge in [0.05, 0.1) is 30.5 Å². The van der Waals surface area contributed by atoms with Gasteiger partial charge in [0.15, 0.2) is 5.78 Å². The molecule has 9 nitrogen and oxygen atoms in total. The molecule has 0 aromatic rings. The third-order valence-corrected chi connectivity index (χ3v) is 18.6. The van der Waals surface area contributed by atoms with Crippen molar-refractivity contribution in [1.82, 2.24) is 0 Å². The zero-order valence-electron chi connectivity index (χ0n) is 35.0. The number of ketones is 1. The van der Waals surface area contributed by atoms with Gasteiger partial charge in [-0.05, 0) is 143 Å². The second-order valence-corrected chi connectivity index (χ2v) is 21.4. The standard InChI is InChI=1S/C46H76N2O7/c1-6-7-8-9-17-44-20-13-31(50)25-34(44)38(51)32-11-10-30-24-35(42(4)19-14-33(44)37(32)46(30,42)53)45(26-28(2)16-22-54-45)40-39(55-40)43(5,52)41(3,27-49)18-12-29-15-21-48-36(47)23-29/h28-31,33-36,39-40,48-50,52-53H,6-27,47H2,1-5H3/p+1/t28-,29?,30-,31-,33-,34-,35-,36?,39-,40+,41-,42-,43-,44+,45-,46+/m0/s1. The van der Waals surface area contributed by atoms with Crippen molar-refractivity contribution in [3.63, 3.8) is 0 Å². The van der Waals surface area contributed by atoms with Crippen LogP contribution in [-0.4, -0.2) is 87.2 Å². The summed E-state index contributed by atoms with van der Waals surface area (Å²) in [5, 5.41) is 50.5. The van der Waals surface area contributed by atoms with E-state index in [1.807, 2.05) is 13.8 Å². The van der Waals surface area contributed by atoms with Gasteiger partial charge in [-0.1, -0.05) is 53.4 Å². The van der Waals surface area contributed by atoms with E-state index in [0.29, 0.717) is 31.3 Å². The number of hydrogen-bond donors (Lipinski definition) is 6. The van der Waals surface area contributed by atoms with Crippen molar-refractivity contribution in [1.29, 1.82) is 0 Å². The second-order valence-electron chi connectivity index (χ2n) is 21.4. The Labute approximate surface area is 331 Å². The van der Waals surface area contributed by atoms with Crippen LogP contribution in [0.4, 0.5) is 0 Å². The molecular weight excluding hydrogens is 693 g/mol. The molecule has 0 spiro atoms. The first kappa shape index (κ1) is 40.9. The summed E-state index contributed by atoms with van der Waals surface area (Å²) in [6.07, 6.45) is 16.3. The van der Waals surface area contributed by atoms with E-state index >= 15 is 0 Å². The van der Waals surface area contributed by atoms with E-state index in [-0.39, 0.29) is 53.7 Å². The first-order valence-electron chi connectivity index (χ1n) is 23.0. The lowest BCUT2D eigenvalue weighted by Crippen LogP contribution is -2.94. The van der Waals surface area contributed by atoms with Gasteiger partial charge in [-0.3, -0.25) is 10.5 Å². The highest BCUT2D eigenvalue weighted by Crippen LogP contribution is 2.75. The Bertz CT molecular complexity index is 1490. The molecule has 3 saturated carbocycles. The molecule has 0 aromatic carbocycles. The van der Waals surface area contributed by atoms with Crippen LogP contribution in [0.3, 0.4) is 0 Å². The van der Waals surface area contributed by atoms with Crippen LogP contribution in [0.15, 0.2) is 11.1 Å². The van der Waals surface area contributed by atoms with E-state index in [0.717, 1.165) is 108 Å². The van der Waals surface area contributed by atoms with E-state index in [1.54, 1.807) is 0 Å². The maximum atomic E-state index is 14.8. The van der Waals surface area contributed by atoms with Gasteiger partial charge in [-0.2, -0.15) is 0 Å². The molecule has 312 valence electrons. The number of quaternary nitrogens is 1. The van der Waals surface area contributed by atoms with E-state index in [9.17, 15) is 25.2 Å². The molecule has 3 heterocycles. The summed E-state index contributed by atoms with van der Waals surface area (Å²) >= 11 is 0. The summed E-state index contributed by atoms with van der Waals surface area (Å²) < 4.78 is 13.9. The van der Waals surface area contributed by atoms with Gasteiger partial charge >= 0.3 is 0 Å². The number of allylic oxidation sites excluding steroid dienone is 1. The molecule has 55 heavy (non-hydrogen) atoms. The van der Waals surface area contributed by atoms with E-state index in [4.69, 9.17) is 15.2 Å². The Kier molecular flexibility index (Phi) is 10.9. The fourth-order valence-electron chi connectivity index (χ4n) is 15.0. The van der Waals surface area contributed by atoms with Crippen molar-refractivity contribution in [3.8, 4) is 0 Å². The first-order chi connectivity index (χ1) is 26.1. The highest BCUT2D eigenvalue weighted by atomic mass is 16.6. The predicted molar refractivity (Wildman–Crippen MR) is 211 cm³/mol. The van der Waals surface area contributed by atoms with Crippen molar-refractivity contribution in [2.75, 3.05) is 19.8 Å². The number of unbranched alkanes of at least 4 members (excludes halogenated alkanes) is 3. The van der Waals surface area contributed by atoms with Gasteiger partial charge in [0.2, 0.25) is 0 Å². The largest absolute Gasteiger partial charge is 0.396 e. The van der Waals surface area contributed by atoms with Gasteiger partial charge in [0, 0.05) is 29.8 Å². The molecule has 0 radical (unpaired) electrons. The molecule has 5 aliphatic carbocycles. The molecule has 8 aliphatic rings. The number of epoxide rings is 1. The van der Waals surface area contributed by atoms with Crippen LogP contribution >= 0.6 is 0 Å². The number of hydrogen-bond acceptors (Lipinski definition) is 8. The number of aliphatic hydroxyl groups excluding tert-OH is 2. The highest BCUT2D eigenvalue weighted by molar-refractivity contribution is 6.00. The Morgan fingerprint density at radius 3 is 2.55 bits per heavy atom. The summed E-state index contributed by atoms with van der Waals surface area (Å²) in [6.45, 7) is 12.3. The topological polar surface area (TPSA) is 162 Å². The van der Waals surface area contributed by atoms with Crippen LogP contribution in [0.5, 0.6) is 0 Å². The summed E-state index contributed by atoms with van der Waals surface area (Å²) in [7, 11) is 0. The zero-order chi connectivity index (χ0) is 39.2.